The van der Waals surface area contributed by atoms with Gasteiger partial charge in [-0.25, -0.2) is 0 Å². The van der Waals surface area contributed by atoms with Crippen LogP contribution in [0.3, 0.4) is 0 Å². The van der Waals surface area contributed by atoms with Crippen LogP contribution < -0.4 is 0 Å². The molecule has 0 amide bonds. The number of likely N-dealkylation sites (N-methyl/N-ethyl adjacent to an activating group) is 1. The van der Waals surface area contributed by atoms with Gasteiger partial charge in [0.05, 0.1) is 0 Å². The Morgan fingerprint density at radius 3 is 2.48 bits per heavy atom. The summed E-state index contributed by atoms with van der Waals surface area (Å²) in [5, 5.41) is 0.853. The zero-order chi connectivity index (χ0) is 17.6. The molecule has 1 heterocycles. The van der Waals surface area contributed by atoms with Crippen LogP contribution in [0, 0.1) is 0 Å². The minimum Gasteiger partial charge on any atom is -0.299 e. The normalized spacial score (nSPS) is 26.6. The van der Waals surface area contributed by atoms with Crippen LogP contribution >= 0.6 is 11.6 Å². The summed E-state index contributed by atoms with van der Waals surface area (Å²) in [6.45, 7) is 8.04. The van der Waals surface area contributed by atoms with Gasteiger partial charge in [-0.3, -0.25) is 9.80 Å². The van der Waals surface area contributed by atoms with E-state index in [-0.39, 0.29) is 5.54 Å². The fourth-order valence-corrected chi connectivity index (χ4v) is 4.70. The lowest BCUT2D eigenvalue weighted by atomic mass is 9.93. The Kier molecular flexibility index (Phi) is 4.39. The maximum absolute atomic E-state index is 6.37. The highest BCUT2D eigenvalue weighted by atomic mass is 35.5. The molecule has 1 aliphatic carbocycles. The second-order valence-corrected chi connectivity index (χ2v) is 8.63. The molecule has 0 N–H and O–H groups in total. The molecule has 4 rings (SSSR count). The third-order valence-electron chi connectivity index (χ3n) is 6.23. The fraction of sp³-hybridized carbons (Fsp3) is 0.455. The zero-order valence-electron chi connectivity index (χ0n) is 15.4. The Morgan fingerprint density at radius 1 is 1.00 bits per heavy atom. The lowest BCUT2D eigenvalue weighted by Crippen LogP contribution is -2.58. The first-order valence-electron chi connectivity index (χ1n) is 9.25. The molecule has 0 aromatic heterocycles. The van der Waals surface area contributed by atoms with E-state index in [0.717, 1.165) is 31.1 Å². The molecule has 0 bridgehead atoms. The molecule has 0 spiro atoms. The summed E-state index contributed by atoms with van der Waals surface area (Å²) in [6, 6.07) is 17.9. The van der Waals surface area contributed by atoms with Gasteiger partial charge in [-0.1, -0.05) is 48.0 Å². The van der Waals surface area contributed by atoms with Crippen molar-refractivity contribution in [1.82, 2.24) is 9.80 Å². The number of benzene rings is 2. The summed E-state index contributed by atoms with van der Waals surface area (Å²) < 4.78 is 0. The van der Waals surface area contributed by atoms with Crippen molar-refractivity contribution in [1.29, 1.82) is 0 Å². The van der Waals surface area contributed by atoms with Crippen LogP contribution in [0.1, 0.15) is 48.9 Å². The van der Waals surface area contributed by atoms with Gasteiger partial charge in [-0.15, -0.1) is 0 Å². The molecule has 0 radical (unpaired) electrons. The smallest absolute Gasteiger partial charge is 0.0409 e. The van der Waals surface area contributed by atoms with Crippen LogP contribution in [0.25, 0.3) is 0 Å². The molecule has 1 fully saturated rings. The van der Waals surface area contributed by atoms with Crippen molar-refractivity contribution in [2.75, 3.05) is 26.7 Å². The highest BCUT2D eigenvalue weighted by molar-refractivity contribution is 6.30. The number of nitrogens with zero attached hydrogens (tertiary/aromatic N) is 2. The van der Waals surface area contributed by atoms with Crippen LogP contribution in [-0.2, 0) is 0 Å². The summed E-state index contributed by atoms with van der Waals surface area (Å²) in [5.41, 5.74) is 4.52. The van der Waals surface area contributed by atoms with E-state index in [0.29, 0.717) is 12.0 Å². The molecule has 2 nitrogen and oxygen atoms in total. The van der Waals surface area contributed by atoms with Gasteiger partial charge in [0.15, 0.2) is 0 Å². The number of hydrogen-bond donors (Lipinski definition) is 0. The van der Waals surface area contributed by atoms with E-state index in [4.69, 9.17) is 11.6 Å². The number of halogens is 1. The molecule has 0 saturated carbocycles. The van der Waals surface area contributed by atoms with Gasteiger partial charge in [-0.2, -0.15) is 0 Å². The lowest BCUT2D eigenvalue weighted by Gasteiger charge is -2.47. The number of hydrogen-bond acceptors (Lipinski definition) is 2. The van der Waals surface area contributed by atoms with Crippen molar-refractivity contribution in [3.05, 3.63) is 70.2 Å². The van der Waals surface area contributed by atoms with Crippen molar-refractivity contribution in [3.63, 3.8) is 0 Å². The minimum atomic E-state index is 0.210. The topological polar surface area (TPSA) is 6.48 Å². The van der Waals surface area contributed by atoms with Gasteiger partial charge in [0, 0.05) is 42.2 Å². The Balaban J connectivity index is 1.70. The monoisotopic (exact) mass is 354 g/mol. The summed E-state index contributed by atoms with van der Waals surface area (Å²) in [6.07, 6.45) is 1.15. The Bertz CT molecular complexity index is 756. The Labute approximate surface area is 156 Å². The molecular weight excluding hydrogens is 328 g/mol. The van der Waals surface area contributed by atoms with Gasteiger partial charge in [0.1, 0.15) is 0 Å². The predicted molar refractivity (Wildman–Crippen MR) is 105 cm³/mol. The van der Waals surface area contributed by atoms with Gasteiger partial charge >= 0.3 is 0 Å². The van der Waals surface area contributed by atoms with Crippen molar-refractivity contribution >= 4 is 11.6 Å². The largest absolute Gasteiger partial charge is 0.299 e. The van der Waals surface area contributed by atoms with Crippen LogP contribution in [-0.4, -0.2) is 42.0 Å². The molecular formula is C22H27ClN2. The van der Waals surface area contributed by atoms with E-state index < -0.39 is 0 Å². The summed E-state index contributed by atoms with van der Waals surface area (Å²) in [5.74, 6) is 0.473. The molecule has 25 heavy (non-hydrogen) atoms. The van der Waals surface area contributed by atoms with Gasteiger partial charge in [0.2, 0.25) is 0 Å². The van der Waals surface area contributed by atoms with Gasteiger partial charge < -0.3 is 0 Å². The maximum Gasteiger partial charge on any atom is 0.0409 e. The molecule has 2 aromatic carbocycles. The minimum absolute atomic E-state index is 0.210. The van der Waals surface area contributed by atoms with E-state index in [1.165, 1.54) is 16.7 Å². The van der Waals surface area contributed by atoms with Gasteiger partial charge in [0.25, 0.3) is 0 Å². The predicted octanol–water partition coefficient (Wildman–Crippen LogP) is 4.94. The lowest BCUT2D eigenvalue weighted by molar-refractivity contribution is 0.0158. The third-order valence-corrected chi connectivity index (χ3v) is 6.47. The Morgan fingerprint density at radius 2 is 1.76 bits per heavy atom. The summed E-state index contributed by atoms with van der Waals surface area (Å²) in [7, 11) is 2.24. The van der Waals surface area contributed by atoms with Crippen LogP contribution in [0.5, 0.6) is 0 Å². The third kappa shape index (κ3) is 3.12. The first kappa shape index (κ1) is 17.1. The second kappa shape index (κ2) is 6.42. The average Bonchev–Trinajstić information content (AvgIpc) is 2.97. The van der Waals surface area contributed by atoms with Crippen molar-refractivity contribution in [2.45, 2.75) is 37.8 Å². The second-order valence-electron chi connectivity index (χ2n) is 8.19. The van der Waals surface area contributed by atoms with Crippen LogP contribution in [0.15, 0.2) is 48.5 Å². The standard InChI is InChI=1S/C22H27ClN2/c1-22(2)15-25(12-11-24(22)3)21-14-19(16-7-5-4-6-8-16)18-10-9-17(23)13-20(18)21/h4-10,13,19,21H,11-12,14-15H2,1-3H3/t19-,21+/m1/s1. The zero-order valence-corrected chi connectivity index (χ0v) is 16.1. The van der Waals surface area contributed by atoms with Crippen LogP contribution in [0.2, 0.25) is 5.02 Å². The number of rotatable bonds is 2. The molecule has 1 saturated heterocycles. The fourth-order valence-electron chi connectivity index (χ4n) is 4.52. The summed E-state index contributed by atoms with van der Waals surface area (Å²) in [4.78, 5) is 5.16. The molecule has 2 aliphatic rings. The first-order chi connectivity index (χ1) is 12.0. The van der Waals surface area contributed by atoms with Crippen molar-refractivity contribution in [2.24, 2.45) is 0 Å². The maximum atomic E-state index is 6.37. The quantitative estimate of drug-likeness (QED) is 0.753. The molecule has 2 aromatic rings. The Hall–Kier alpha value is -1.35. The van der Waals surface area contributed by atoms with E-state index in [1.54, 1.807) is 0 Å². The van der Waals surface area contributed by atoms with Gasteiger partial charge in [-0.05, 0) is 56.1 Å². The average molecular weight is 355 g/mol. The van der Waals surface area contributed by atoms with E-state index in [2.05, 4.69) is 73.2 Å². The number of fused-ring (bicyclic) bond motifs is 1. The molecule has 3 heteroatoms. The van der Waals surface area contributed by atoms with Crippen LogP contribution in [0.4, 0.5) is 0 Å². The first-order valence-corrected chi connectivity index (χ1v) is 9.63. The highest BCUT2D eigenvalue weighted by Gasteiger charge is 2.40. The molecule has 132 valence electrons. The van der Waals surface area contributed by atoms with E-state index in [1.807, 2.05) is 6.07 Å². The van der Waals surface area contributed by atoms with E-state index in [9.17, 15) is 0 Å². The molecule has 2 atom stereocenters. The SMILES string of the molecule is CN1CCN([C@H]2C[C@H](c3ccccc3)c3ccc(Cl)cc32)CC1(C)C. The van der Waals surface area contributed by atoms with E-state index >= 15 is 0 Å². The number of piperazine rings is 1. The van der Waals surface area contributed by atoms with Crippen molar-refractivity contribution < 1.29 is 0 Å². The summed E-state index contributed by atoms with van der Waals surface area (Å²) >= 11 is 6.37. The molecule has 1 aliphatic heterocycles. The van der Waals surface area contributed by atoms with Crippen molar-refractivity contribution in [3.8, 4) is 0 Å². The molecule has 0 unspecified atom stereocenters. The highest BCUT2D eigenvalue weighted by Crippen LogP contribution is 2.48.